The van der Waals surface area contributed by atoms with Gasteiger partial charge in [-0.05, 0) is 50.5 Å². The number of carbonyl (C=O) groups is 1. The SMILES string of the molecule is Cc1csc(CCCCNC(=O)CCNS(=O)(=O)c2ccc(OC(F)(F)F)cc2)n1. The second-order valence-electron chi connectivity index (χ2n) is 6.36. The number of sulfonamides is 1. The van der Waals surface area contributed by atoms with Gasteiger partial charge in [-0.2, -0.15) is 0 Å². The Morgan fingerprint density at radius 2 is 1.87 bits per heavy atom. The summed E-state index contributed by atoms with van der Waals surface area (Å²) in [7, 11) is -3.95. The molecular weight excluding hydrogens is 443 g/mol. The molecule has 0 saturated heterocycles. The highest BCUT2D eigenvalue weighted by atomic mass is 32.2. The minimum Gasteiger partial charge on any atom is -0.406 e. The number of hydrogen-bond acceptors (Lipinski definition) is 6. The molecule has 12 heteroatoms. The molecule has 2 aromatic rings. The third kappa shape index (κ3) is 8.67. The van der Waals surface area contributed by atoms with Crippen molar-refractivity contribution in [3.05, 3.63) is 40.3 Å². The molecule has 166 valence electrons. The molecule has 1 amide bonds. The van der Waals surface area contributed by atoms with E-state index in [0.29, 0.717) is 6.54 Å². The molecule has 1 heterocycles. The third-order valence-corrected chi connectivity index (χ3v) is 6.32. The first-order valence-corrected chi connectivity index (χ1v) is 11.4. The van der Waals surface area contributed by atoms with Crippen molar-refractivity contribution in [3.63, 3.8) is 0 Å². The molecule has 0 atom stereocenters. The molecule has 0 bridgehead atoms. The number of rotatable bonds is 11. The van der Waals surface area contributed by atoms with E-state index in [1.807, 2.05) is 12.3 Å². The lowest BCUT2D eigenvalue weighted by Gasteiger charge is -2.10. The summed E-state index contributed by atoms with van der Waals surface area (Å²) in [5, 5.41) is 5.77. The monoisotopic (exact) mass is 465 g/mol. The second-order valence-corrected chi connectivity index (χ2v) is 9.07. The van der Waals surface area contributed by atoms with Crippen molar-refractivity contribution in [2.45, 2.75) is 43.9 Å². The van der Waals surface area contributed by atoms with Gasteiger partial charge in [0.25, 0.3) is 0 Å². The number of aromatic nitrogens is 1. The second kappa shape index (κ2) is 10.7. The van der Waals surface area contributed by atoms with Crippen molar-refractivity contribution in [1.82, 2.24) is 15.0 Å². The number of nitrogens with one attached hydrogen (secondary N) is 2. The van der Waals surface area contributed by atoms with Crippen LogP contribution in [0, 0.1) is 6.92 Å². The average molecular weight is 466 g/mol. The Morgan fingerprint density at radius 3 is 2.47 bits per heavy atom. The van der Waals surface area contributed by atoms with Crippen molar-refractivity contribution in [3.8, 4) is 5.75 Å². The van der Waals surface area contributed by atoms with Crippen molar-refractivity contribution in [1.29, 1.82) is 0 Å². The summed E-state index contributed by atoms with van der Waals surface area (Å²) in [6.45, 7) is 2.29. The Balaban J connectivity index is 1.66. The normalized spacial score (nSPS) is 12.0. The number of alkyl halides is 3. The highest BCUT2D eigenvalue weighted by Gasteiger charge is 2.31. The quantitative estimate of drug-likeness (QED) is 0.497. The summed E-state index contributed by atoms with van der Waals surface area (Å²) in [6, 6.07) is 3.80. The van der Waals surface area contributed by atoms with Crippen LogP contribution in [0.25, 0.3) is 0 Å². The summed E-state index contributed by atoms with van der Waals surface area (Å²) >= 11 is 1.61. The van der Waals surface area contributed by atoms with E-state index < -0.39 is 22.1 Å². The zero-order valence-electron chi connectivity index (χ0n) is 16.2. The Hall–Kier alpha value is -2.18. The molecule has 1 aromatic heterocycles. The van der Waals surface area contributed by atoms with E-state index in [2.05, 4.69) is 19.8 Å². The molecule has 0 aliphatic carbocycles. The molecule has 2 rings (SSSR count). The topological polar surface area (TPSA) is 97.4 Å². The van der Waals surface area contributed by atoms with Gasteiger partial charge in [0, 0.05) is 30.6 Å². The van der Waals surface area contributed by atoms with Gasteiger partial charge in [0.15, 0.2) is 0 Å². The number of benzene rings is 1. The Morgan fingerprint density at radius 1 is 1.17 bits per heavy atom. The summed E-state index contributed by atoms with van der Waals surface area (Å²) < 4.78 is 66.6. The fourth-order valence-corrected chi connectivity index (χ4v) is 4.29. The van der Waals surface area contributed by atoms with Crippen LogP contribution in [-0.2, 0) is 21.2 Å². The van der Waals surface area contributed by atoms with E-state index in [1.165, 1.54) is 0 Å². The average Bonchev–Trinajstić information content (AvgIpc) is 3.05. The number of nitrogens with zero attached hydrogens (tertiary/aromatic N) is 1. The maximum absolute atomic E-state index is 12.1. The van der Waals surface area contributed by atoms with E-state index in [-0.39, 0.29) is 23.8 Å². The van der Waals surface area contributed by atoms with Gasteiger partial charge in [0.05, 0.1) is 9.90 Å². The molecule has 0 radical (unpaired) electrons. The van der Waals surface area contributed by atoms with Crippen molar-refractivity contribution >= 4 is 27.3 Å². The molecule has 7 nitrogen and oxygen atoms in total. The van der Waals surface area contributed by atoms with Crippen LogP contribution in [-0.4, -0.2) is 38.8 Å². The molecule has 0 unspecified atom stereocenters. The van der Waals surface area contributed by atoms with Crippen LogP contribution in [0.5, 0.6) is 5.75 Å². The van der Waals surface area contributed by atoms with Crippen LogP contribution >= 0.6 is 11.3 Å². The van der Waals surface area contributed by atoms with Gasteiger partial charge < -0.3 is 10.1 Å². The first-order chi connectivity index (χ1) is 14.0. The molecule has 0 aliphatic heterocycles. The fraction of sp³-hybridized carbons (Fsp3) is 0.444. The predicted molar refractivity (Wildman–Crippen MR) is 106 cm³/mol. The van der Waals surface area contributed by atoms with Gasteiger partial charge in [-0.3, -0.25) is 4.79 Å². The summed E-state index contributed by atoms with van der Waals surface area (Å²) in [6.07, 6.45) is -2.40. The number of aryl methyl sites for hydroxylation is 2. The largest absolute Gasteiger partial charge is 0.573 e. The molecule has 0 fully saturated rings. The van der Waals surface area contributed by atoms with Crippen LogP contribution < -0.4 is 14.8 Å². The Labute approximate surface area is 176 Å². The van der Waals surface area contributed by atoms with E-state index in [9.17, 15) is 26.4 Å². The zero-order chi connectivity index (χ0) is 22.2. The van der Waals surface area contributed by atoms with Crippen LogP contribution in [0.2, 0.25) is 0 Å². The van der Waals surface area contributed by atoms with Gasteiger partial charge in [-0.15, -0.1) is 24.5 Å². The lowest BCUT2D eigenvalue weighted by molar-refractivity contribution is -0.274. The number of thiazole rings is 1. The number of hydrogen-bond donors (Lipinski definition) is 2. The molecule has 0 saturated carbocycles. The van der Waals surface area contributed by atoms with E-state index in [1.54, 1.807) is 11.3 Å². The molecule has 30 heavy (non-hydrogen) atoms. The van der Waals surface area contributed by atoms with E-state index in [0.717, 1.165) is 54.2 Å². The van der Waals surface area contributed by atoms with Crippen LogP contribution in [0.4, 0.5) is 13.2 Å². The van der Waals surface area contributed by atoms with E-state index in [4.69, 9.17) is 0 Å². The predicted octanol–water partition coefficient (Wildman–Crippen LogP) is 3.16. The molecule has 0 aliphatic rings. The van der Waals surface area contributed by atoms with Gasteiger partial charge in [-0.1, -0.05) is 0 Å². The number of halogens is 3. The van der Waals surface area contributed by atoms with Crippen molar-refractivity contribution < 1.29 is 31.1 Å². The molecule has 2 N–H and O–H groups in total. The van der Waals surface area contributed by atoms with Crippen LogP contribution in [0.3, 0.4) is 0 Å². The fourth-order valence-electron chi connectivity index (χ4n) is 2.44. The highest BCUT2D eigenvalue weighted by molar-refractivity contribution is 7.89. The van der Waals surface area contributed by atoms with Crippen molar-refractivity contribution in [2.75, 3.05) is 13.1 Å². The van der Waals surface area contributed by atoms with Gasteiger partial charge >= 0.3 is 6.36 Å². The Kier molecular flexibility index (Phi) is 8.62. The molecular formula is C18H22F3N3O4S2. The summed E-state index contributed by atoms with van der Waals surface area (Å²) in [5.74, 6) is -0.817. The zero-order valence-corrected chi connectivity index (χ0v) is 17.8. The smallest absolute Gasteiger partial charge is 0.406 e. The number of carbonyl (C=O) groups excluding carboxylic acids is 1. The summed E-state index contributed by atoms with van der Waals surface area (Å²) in [5.41, 5.74) is 0.997. The third-order valence-electron chi connectivity index (χ3n) is 3.82. The standard InChI is InChI=1S/C18H22F3N3O4S2/c1-13-12-29-17(24-13)4-2-3-10-22-16(25)9-11-23-30(26,27)15-7-5-14(6-8-15)28-18(19,20)21/h5-8,12,23H,2-4,9-11H2,1H3,(H,22,25). The van der Waals surface area contributed by atoms with Crippen LogP contribution in [0.1, 0.15) is 30.0 Å². The highest BCUT2D eigenvalue weighted by Crippen LogP contribution is 2.23. The summed E-state index contributed by atoms with van der Waals surface area (Å²) in [4.78, 5) is 15.9. The lowest BCUT2D eigenvalue weighted by Crippen LogP contribution is -2.31. The van der Waals surface area contributed by atoms with Crippen LogP contribution in [0.15, 0.2) is 34.5 Å². The number of amides is 1. The van der Waals surface area contributed by atoms with Gasteiger partial charge in [0.2, 0.25) is 15.9 Å². The van der Waals surface area contributed by atoms with Gasteiger partial charge in [-0.25, -0.2) is 18.1 Å². The number of unbranched alkanes of at least 4 members (excludes halogenated alkanes) is 1. The lowest BCUT2D eigenvalue weighted by atomic mass is 10.2. The number of ether oxygens (including phenoxy) is 1. The van der Waals surface area contributed by atoms with E-state index >= 15 is 0 Å². The first kappa shape index (κ1) is 24.1. The maximum atomic E-state index is 12.1. The minimum atomic E-state index is -4.86. The molecule has 0 spiro atoms. The Bertz CT molecular complexity index is 929. The molecule has 1 aromatic carbocycles. The van der Waals surface area contributed by atoms with Crippen molar-refractivity contribution in [2.24, 2.45) is 0 Å². The minimum absolute atomic E-state index is 0.0554. The van der Waals surface area contributed by atoms with Gasteiger partial charge in [0.1, 0.15) is 5.75 Å². The maximum Gasteiger partial charge on any atom is 0.573 e. The first-order valence-electron chi connectivity index (χ1n) is 9.08.